The van der Waals surface area contributed by atoms with E-state index in [0.717, 1.165) is 42.0 Å². The van der Waals surface area contributed by atoms with Crippen molar-refractivity contribution in [3.63, 3.8) is 0 Å². The number of Topliss-reactive ketones (excluding diaryl/α,β-unsaturated/α-hetero) is 1. The Morgan fingerprint density at radius 3 is 2.62 bits per heavy atom. The van der Waals surface area contributed by atoms with Gasteiger partial charge in [-0.2, -0.15) is 0 Å². The van der Waals surface area contributed by atoms with E-state index in [1.54, 1.807) is 36.9 Å². The second-order valence-corrected chi connectivity index (χ2v) is 12.8. The molecule has 5 atom stereocenters. The Kier molecular flexibility index (Phi) is 12.5. The molecule has 37 heavy (non-hydrogen) atoms. The SMILES string of the molecule is CCCC1C(=O)C(C)(C)C(O)CC(=O)OC(/C(C)=C/c2csc(C)n2)C/C=C(/SC)CCCC(C)[C@@H]1O. The van der Waals surface area contributed by atoms with Gasteiger partial charge in [0.05, 0.1) is 34.7 Å². The van der Waals surface area contributed by atoms with Gasteiger partial charge in [-0.1, -0.05) is 40.2 Å². The van der Waals surface area contributed by atoms with Gasteiger partial charge < -0.3 is 14.9 Å². The summed E-state index contributed by atoms with van der Waals surface area (Å²) in [6, 6.07) is 0. The highest BCUT2D eigenvalue weighted by atomic mass is 32.2. The second kappa shape index (κ2) is 14.6. The number of hydrogen-bond acceptors (Lipinski definition) is 8. The quantitative estimate of drug-likeness (QED) is 0.412. The van der Waals surface area contributed by atoms with Crippen molar-refractivity contribution in [1.29, 1.82) is 0 Å². The van der Waals surface area contributed by atoms with E-state index in [1.165, 1.54) is 4.91 Å². The Morgan fingerprint density at radius 2 is 2.03 bits per heavy atom. The first kappa shape index (κ1) is 31.7. The standard InChI is InChI=1S/C29H45NO5S2/c1-8-10-23-27(33)18(2)11-9-12-22(36-7)13-14-24(19(3)15-21-17-37-20(4)30-21)35-26(32)16-25(31)29(5,6)28(23)34/h13,15,17-18,23-25,27,31,33H,8-12,14,16H2,1-7H3/b19-15+,22-13+/t18?,23?,24?,25?,27-/m0/s1. The molecule has 4 unspecified atom stereocenters. The van der Waals surface area contributed by atoms with E-state index in [-0.39, 0.29) is 18.1 Å². The summed E-state index contributed by atoms with van der Waals surface area (Å²) >= 11 is 3.25. The normalized spacial score (nSPS) is 30.5. The fraction of sp³-hybridized carbons (Fsp3) is 0.690. The number of nitrogens with zero attached hydrogens (tertiary/aromatic N) is 1. The van der Waals surface area contributed by atoms with Crippen LogP contribution < -0.4 is 0 Å². The van der Waals surface area contributed by atoms with Crippen LogP contribution in [-0.2, 0) is 14.3 Å². The number of aliphatic hydroxyl groups is 2. The second-order valence-electron chi connectivity index (χ2n) is 10.8. The molecule has 0 saturated heterocycles. The molecule has 0 amide bonds. The molecular weight excluding hydrogens is 506 g/mol. The van der Waals surface area contributed by atoms with Crippen molar-refractivity contribution >= 4 is 40.9 Å². The van der Waals surface area contributed by atoms with Gasteiger partial charge in [0, 0.05) is 17.7 Å². The summed E-state index contributed by atoms with van der Waals surface area (Å²) in [4.78, 5) is 32.3. The molecule has 208 valence electrons. The Hall–Kier alpha value is -1.48. The number of carbonyl (C=O) groups excluding carboxylic acids is 2. The third kappa shape index (κ3) is 9.05. The highest BCUT2D eigenvalue weighted by Gasteiger charge is 2.43. The van der Waals surface area contributed by atoms with Crippen molar-refractivity contribution in [2.45, 2.75) is 105 Å². The van der Waals surface area contributed by atoms with E-state index >= 15 is 0 Å². The van der Waals surface area contributed by atoms with Crippen LogP contribution >= 0.6 is 23.1 Å². The maximum Gasteiger partial charge on any atom is 0.309 e. The van der Waals surface area contributed by atoms with Gasteiger partial charge in [0.1, 0.15) is 11.9 Å². The van der Waals surface area contributed by atoms with Gasteiger partial charge in [-0.25, -0.2) is 4.98 Å². The summed E-state index contributed by atoms with van der Waals surface area (Å²) in [7, 11) is 0. The lowest BCUT2D eigenvalue weighted by Gasteiger charge is -2.36. The average molecular weight is 552 g/mol. The number of carbonyl (C=O) groups is 2. The van der Waals surface area contributed by atoms with Crippen molar-refractivity contribution in [2.24, 2.45) is 17.3 Å². The predicted molar refractivity (Wildman–Crippen MR) is 153 cm³/mol. The molecule has 1 aliphatic rings. The Labute approximate surface area is 231 Å². The summed E-state index contributed by atoms with van der Waals surface area (Å²) in [5, 5.41) is 25.1. The van der Waals surface area contributed by atoms with Crippen molar-refractivity contribution in [3.8, 4) is 0 Å². The number of thiazole rings is 1. The van der Waals surface area contributed by atoms with E-state index in [4.69, 9.17) is 4.74 Å². The molecule has 0 bridgehead atoms. The minimum absolute atomic E-state index is 0.0473. The largest absolute Gasteiger partial charge is 0.457 e. The van der Waals surface area contributed by atoms with Crippen LogP contribution in [-0.4, -0.2) is 51.5 Å². The number of aryl methyl sites for hydroxylation is 1. The number of ketones is 1. The molecular formula is C29H45NO5S2. The maximum atomic E-state index is 13.6. The van der Waals surface area contributed by atoms with Gasteiger partial charge in [0.25, 0.3) is 0 Å². The van der Waals surface area contributed by atoms with E-state index in [1.807, 2.05) is 45.4 Å². The number of cyclic esters (lactones) is 1. The Morgan fingerprint density at radius 1 is 1.32 bits per heavy atom. The van der Waals surface area contributed by atoms with Gasteiger partial charge in [0.15, 0.2) is 0 Å². The summed E-state index contributed by atoms with van der Waals surface area (Å²) in [5.41, 5.74) is 0.515. The van der Waals surface area contributed by atoms with Crippen LogP contribution in [0.25, 0.3) is 6.08 Å². The first-order valence-electron chi connectivity index (χ1n) is 13.3. The highest BCUT2D eigenvalue weighted by molar-refractivity contribution is 8.02. The number of thioether (sulfide) groups is 1. The van der Waals surface area contributed by atoms with Crippen LogP contribution in [0.3, 0.4) is 0 Å². The maximum absolute atomic E-state index is 13.6. The van der Waals surface area contributed by atoms with Crippen molar-refractivity contribution in [2.75, 3.05) is 6.26 Å². The molecule has 1 aromatic rings. The van der Waals surface area contributed by atoms with Crippen LogP contribution in [0.1, 0.15) is 90.3 Å². The van der Waals surface area contributed by atoms with Crippen molar-refractivity contribution in [1.82, 2.24) is 4.98 Å². The molecule has 0 saturated carbocycles. The lowest BCUT2D eigenvalue weighted by Crippen LogP contribution is -2.46. The molecule has 2 rings (SSSR count). The van der Waals surface area contributed by atoms with Gasteiger partial charge in [-0.3, -0.25) is 9.59 Å². The summed E-state index contributed by atoms with van der Waals surface area (Å²) in [5.74, 6) is -1.37. The third-order valence-electron chi connectivity index (χ3n) is 7.46. The summed E-state index contributed by atoms with van der Waals surface area (Å²) < 4.78 is 5.89. The van der Waals surface area contributed by atoms with Gasteiger partial charge >= 0.3 is 5.97 Å². The van der Waals surface area contributed by atoms with Crippen LogP contribution in [0.4, 0.5) is 0 Å². The lowest BCUT2D eigenvalue weighted by molar-refractivity contribution is -0.154. The van der Waals surface area contributed by atoms with Crippen LogP contribution in [0, 0.1) is 24.2 Å². The molecule has 1 aromatic heterocycles. The molecule has 0 aromatic carbocycles. The molecule has 1 aliphatic heterocycles. The van der Waals surface area contributed by atoms with Gasteiger partial charge in [-0.15, -0.1) is 23.1 Å². The van der Waals surface area contributed by atoms with E-state index in [2.05, 4.69) is 11.1 Å². The van der Waals surface area contributed by atoms with Crippen LogP contribution in [0.5, 0.6) is 0 Å². The molecule has 0 radical (unpaired) electrons. The predicted octanol–water partition coefficient (Wildman–Crippen LogP) is 6.35. The van der Waals surface area contributed by atoms with E-state index in [9.17, 15) is 19.8 Å². The fourth-order valence-electron chi connectivity index (χ4n) is 4.82. The molecule has 2 N–H and O–H groups in total. The minimum atomic E-state index is -1.22. The van der Waals surface area contributed by atoms with Gasteiger partial charge in [0.2, 0.25) is 0 Å². The molecule has 0 aliphatic carbocycles. The molecule has 8 heteroatoms. The smallest absolute Gasteiger partial charge is 0.309 e. The molecule has 0 spiro atoms. The molecule has 2 heterocycles. The minimum Gasteiger partial charge on any atom is -0.457 e. The zero-order valence-electron chi connectivity index (χ0n) is 23.5. The third-order valence-corrected chi connectivity index (χ3v) is 9.15. The van der Waals surface area contributed by atoms with Crippen molar-refractivity contribution in [3.05, 3.63) is 32.6 Å². The van der Waals surface area contributed by atoms with Crippen molar-refractivity contribution < 1.29 is 24.5 Å². The monoisotopic (exact) mass is 551 g/mol. The fourth-order valence-corrected chi connectivity index (χ4v) is 6.00. The number of hydrogen-bond donors (Lipinski definition) is 2. The topological polar surface area (TPSA) is 96.7 Å². The zero-order valence-corrected chi connectivity index (χ0v) is 25.1. The number of aromatic nitrogens is 1. The average Bonchev–Trinajstić information content (AvgIpc) is 3.26. The first-order valence-corrected chi connectivity index (χ1v) is 15.4. The Bertz CT molecular complexity index is 967. The summed E-state index contributed by atoms with van der Waals surface area (Å²) in [6.45, 7) is 11.2. The first-order chi connectivity index (χ1) is 17.4. The van der Waals surface area contributed by atoms with E-state index < -0.39 is 35.6 Å². The molecule has 6 nitrogen and oxygen atoms in total. The number of aliphatic hydroxyl groups excluding tert-OH is 2. The van der Waals surface area contributed by atoms with Crippen LogP contribution in [0.15, 0.2) is 21.9 Å². The Balaban J connectivity index is 2.40. The van der Waals surface area contributed by atoms with Gasteiger partial charge in [-0.05, 0) is 68.3 Å². The summed E-state index contributed by atoms with van der Waals surface area (Å²) in [6.07, 6.45) is 7.69. The highest BCUT2D eigenvalue weighted by Crippen LogP contribution is 2.35. The number of esters is 1. The zero-order chi connectivity index (χ0) is 27.8. The number of ether oxygens (including phenoxy) is 1. The van der Waals surface area contributed by atoms with Crippen LogP contribution in [0.2, 0.25) is 0 Å². The number of allylic oxidation sites excluding steroid dienone is 1. The number of rotatable bonds is 5. The molecule has 0 fully saturated rings. The van der Waals surface area contributed by atoms with E-state index in [0.29, 0.717) is 12.8 Å². The lowest BCUT2D eigenvalue weighted by atomic mass is 9.71.